The highest BCUT2D eigenvalue weighted by molar-refractivity contribution is 8.76. The molecular formula is C94H176N2O4S2. The quantitative estimate of drug-likeness (QED) is 0.0373. The second-order valence-corrected chi connectivity index (χ2v) is 34.3. The molecule has 102 heavy (non-hydrogen) atoms. The van der Waals surface area contributed by atoms with Gasteiger partial charge < -0.3 is 28.8 Å². The summed E-state index contributed by atoms with van der Waals surface area (Å²) in [6.07, 6.45) is 93.5. The van der Waals surface area contributed by atoms with E-state index in [1.807, 2.05) is 0 Å². The Hall–Kier alpha value is -2.00. The number of carbonyl (C=O) groups excluding carboxylic acids is 2. The minimum atomic E-state index is -1.20. The van der Waals surface area contributed by atoms with Crippen molar-refractivity contribution in [2.75, 3.05) is 52.4 Å². The molecule has 0 spiro atoms. The number of nitrogens with zero attached hydrogens (tertiary/aromatic N) is 2. The molecule has 8 heteroatoms. The zero-order chi connectivity index (χ0) is 74.4. The molecule has 0 saturated heterocycles. The number of rotatable bonds is 77. The topological polar surface area (TPSA) is 80.3 Å². The molecule has 0 amide bonds. The fourth-order valence-electron chi connectivity index (χ4n) is 15.4. The van der Waals surface area contributed by atoms with Crippen molar-refractivity contribution < 1.29 is 28.8 Å². The highest BCUT2D eigenvalue weighted by Crippen LogP contribution is 2.37. The van der Waals surface area contributed by atoms with Gasteiger partial charge in [-0.3, -0.25) is 0 Å². The minimum absolute atomic E-state index is 0.137. The van der Waals surface area contributed by atoms with E-state index in [1.54, 1.807) is 24.3 Å². The minimum Gasteiger partial charge on any atom is -0.545 e. The number of benzene rings is 2. The second kappa shape index (κ2) is 78.6. The van der Waals surface area contributed by atoms with E-state index in [2.05, 4.69) is 55.4 Å². The predicted octanol–water partition coefficient (Wildman–Crippen LogP) is 29.9. The summed E-state index contributed by atoms with van der Waals surface area (Å²) in [6.45, 7) is 30.6. The molecule has 0 radical (unpaired) electrons. The summed E-state index contributed by atoms with van der Waals surface area (Å²) in [7, 11) is 2.90. The summed E-state index contributed by atoms with van der Waals surface area (Å²) >= 11 is 0. The molecule has 0 heterocycles. The van der Waals surface area contributed by atoms with Crippen molar-refractivity contribution in [3.63, 3.8) is 0 Å². The summed E-state index contributed by atoms with van der Waals surface area (Å²) in [4.78, 5) is 23.0. The molecular weight excluding hydrogens is 1290 g/mol. The van der Waals surface area contributed by atoms with Gasteiger partial charge in [-0.25, -0.2) is 0 Å². The van der Waals surface area contributed by atoms with E-state index in [1.165, 1.54) is 518 Å². The van der Waals surface area contributed by atoms with Gasteiger partial charge in [0.1, 0.15) is 0 Å². The molecule has 0 unspecified atom stereocenters. The van der Waals surface area contributed by atoms with Gasteiger partial charge >= 0.3 is 0 Å². The number of aromatic carboxylic acids is 2. The van der Waals surface area contributed by atoms with Crippen molar-refractivity contribution in [2.24, 2.45) is 0 Å². The van der Waals surface area contributed by atoms with Crippen LogP contribution in [0.15, 0.2) is 58.3 Å². The Morgan fingerprint density at radius 3 is 0.441 bits per heavy atom. The predicted molar refractivity (Wildman–Crippen MR) is 454 cm³/mol. The van der Waals surface area contributed by atoms with E-state index in [0.717, 1.165) is 9.79 Å². The Kier molecular flexibility index (Phi) is 77.0. The van der Waals surface area contributed by atoms with E-state index in [-0.39, 0.29) is 11.1 Å². The Bertz CT molecular complexity index is 1680. The molecule has 0 aliphatic carbocycles. The lowest BCUT2D eigenvalue weighted by Crippen LogP contribution is -2.50. The lowest BCUT2D eigenvalue weighted by atomic mass is 10.0. The van der Waals surface area contributed by atoms with Crippen LogP contribution in [0.25, 0.3) is 0 Å². The third kappa shape index (κ3) is 65.1. The normalized spacial score (nSPS) is 11.6. The molecule has 2 rings (SSSR count). The van der Waals surface area contributed by atoms with Crippen molar-refractivity contribution >= 4 is 33.5 Å². The van der Waals surface area contributed by atoms with Gasteiger partial charge in [0.25, 0.3) is 0 Å². The van der Waals surface area contributed by atoms with Crippen molar-refractivity contribution in [2.45, 2.75) is 476 Å². The first-order chi connectivity index (χ1) is 50.0. The first-order valence-electron chi connectivity index (χ1n) is 45.7. The Morgan fingerprint density at radius 1 is 0.206 bits per heavy atom. The number of hydrogen-bond donors (Lipinski definition) is 0. The molecule has 0 aromatic heterocycles. The van der Waals surface area contributed by atoms with Crippen molar-refractivity contribution in [3.8, 4) is 0 Å². The number of hydrogen-bond acceptors (Lipinski definition) is 6. The van der Waals surface area contributed by atoms with E-state index in [0.29, 0.717) is 0 Å². The lowest BCUT2D eigenvalue weighted by molar-refractivity contribution is -0.929. The second-order valence-electron chi connectivity index (χ2n) is 32.1. The summed E-state index contributed by atoms with van der Waals surface area (Å²) < 4.78 is 2.97. The third-order valence-electron chi connectivity index (χ3n) is 22.3. The van der Waals surface area contributed by atoms with E-state index >= 15 is 0 Å². The number of carbonyl (C=O) groups is 2. The number of unbranched alkanes of at least 4 members (excludes halogenated alkanes) is 56. The van der Waals surface area contributed by atoms with Crippen LogP contribution in [0.3, 0.4) is 0 Å². The molecule has 0 atom stereocenters. The maximum atomic E-state index is 10.6. The molecule has 0 aliphatic heterocycles. The first-order valence-corrected chi connectivity index (χ1v) is 47.9. The molecule has 598 valence electrons. The molecule has 0 saturated carbocycles. The average Bonchev–Trinajstić information content (AvgIpc) is 0.889. The largest absolute Gasteiger partial charge is 0.545 e. The molecule has 2 aromatic rings. The van der Waals surface area contributed by atoms with Crippen LogP contribution >= 0.6 is 21.6 Å². The van der Waals surface area contributed by atoms with Gasteiger partial charge in [0.15, 0.2) is 0 Å². The number of quaternary nitrogens is 2. The molecule has 0 fully saturated rings. The van der Waals surface area contributed by atoms with Gasteiger partial charge in [-0.05, 0) is 138 Å². The van der Waals surface area contributed by atoms with Crippen LogP contribution in [0.2, 0.25) is 0 Å². The van der Waals surface area contributed by atoms with Crippen LogP contribution < -0.4 is 10.2 Å². The van der Waals surface area contributed by atoms with Crippen LogP contribution in [-0.2, 0) is 0 Å². The third-order valence-corrected chi connectivity index (χ3v) is 24.7. The molecule has 0 bridgehead atoms. The molecule has 0 N–H and O–H groups in total. The maximum Gasteiger partial charge on any atom is 0.0786 e. The highest BCUT2D eigenvalue weighted by Gasteiger charge is 2.27. The summed E-state index contributed by atoms with van der Waals surface area (Å²) in [5.74, 6) is -2.40. The SMILES string of the molecule is CCCCCCCCCC[N+](CCCCCCCCCC)(CCCCCCCCCC)CCCCCCCCCC.CCCCCCCCCC[N+](CCCCCCCCCC)(CCCCCCCCCC)CCCCCCCCCC.O=C([O-])c1ccc(SSc2ccc(C(=O)[O-])cc2)cc1. The van der Waals surface area contributed by atoms with Crippen LogP contribution in [0, 0.1) is 0 Å². The fourth-order valence-corrected chi connectivity index (χ4v) is 17.3. The van der Waals surface area contributed by atoms with Crippen molar-refractivity contribution in [1.82, 2.24) is 0 Å². The van der Waals surface area contributed by atoms with E-state index < -0.39 is 11.9 Å². The fraction of sp³-hybridized carbons (Fsp3) is 0.851. The average molecular weight is 1460 g/mol. The summed E-state index contributed by atoms with van der Waals surface area (Å²) in [5, 5.41) is 21.2. The van der Waals surface area contributed by atoms with Crippen LogP contribution in [0.4, 0.5) is 0 Å². The molecule has 0 aliphatic rings. The van der Waals surface area contributed by atoms with Crippen LogP contribution in [0.1, 0.15) is 487 Å². The van der Waals surface area contributed by atoms with E-state index in [4.69, 9.17) is 0 Å². The van der Waals surface area contributed by atoms with Gasteiger partial charge in [-0.1, -0.05) is 409 Å². The van der Waals surface area contributed by atoms with Gasteiger partial charge in [-0.15, -0.1) is 0 Å². The van der Waals surface area contributed by atoms with Gasteiger partial charge in [0.05, 0.1) is 64.3 Å². The van der Waals surface area contributed by atoms with Crippen molar-refractivity contribution in [1.29, 1.82) is 0 Å². The van der Waals surface area contributed by atoms with E-state index in [9.17, 15) is 19.8 Å². The smallest absolute Gasteiger partial charge is 0.0786 e. The van der Waals surface area contributed by atoms with Crippen LogP contribution in [0.5, 0.6) is 0 Å². The zero-order valence-corrected chi connectivity index (χ0v) is 71.5. The highest BCUT2D eigenvalue weighted by atomic mass is 33.1. The number of carboxylic acids is 2. The van der Waals surface area contributed by atoms with Gasteiger partial charge in [-0.2, -0.15) is 0 Å². The van der Waals surface area contributed by atoms with Crippen LogP contribution in [-0.4, -0.2) is 73.3 Å². The Balaban J connectivity index is 0.00000158. The molecule has 2 aromatic carbocycles. The van der Waals surface area contributed by atoms with Gasteiger partial charge in [0, 0.05) is 9.79 Å². The lowest BCUT2D eigenvalue weighted by Gasteiger charge is -2.40. The summed E-state index contributed by atoms with van der Waals surface area (Å²) in [5.41, 5.74) is 0.273. The Labute approximate surface area is 646 Å². The van der Waals surface area contributed by atoms with Crippen molar-refractivity contribution in [3.05, 3.63) is 59.7 Å². The van der Waals surface area contributed by atoms with Gasteiger partial charge in [0.2, 0.25) is 0 Å². The Morgan fingerprint density at radius 2 is 0.324 bits per heavy atom. The molecule has 6 nitrogen and oxygen atoms in total. The maximum absolute atomic E-state index is 10.6. The zero-order valence-electron chi connectivity index (χ0n) is 69.9. The standard InChI is InChI=1S/2C40H84N.C14H10O4S2/c2*1-5-9-13-17-21-25-29-33-37-41(38-34-30-26-22-18-14-10-6-2,39-35-31-27-23-19-15-11-7-3)40-36-32-28-24-20-16-12-8-4;15-13(16)9-1-5-11(6-2-9)19-20-12-7-3-10(4-8-12)14(17)18/h2*5-40H2,1-4H3;1-8H,(H,15,16)(H,17,18)/q2*+1;/p-2. The number of carboxylic acid groups (broad SMARTS) is 2. The monoisotopic (exact) mass is 1460 g/mol. The summed E-state index contributed by atoms with van der Waals surface area (Å²) in [6, 6.07) is 12.7. The first kappa shape index (κ1) is 100.